The summed E-state index contributed by atoms with van der Waals surface area (Å²) in [5.74, 6) is 0.826. The number of fused-ring (bicyclic) bond motifs is 16. The molecule has 0 aliphatic heterocycles. The second-order valence-corrected chi connectivity index (χ2v) is 16.4. The average Bonchev–Trinajstić information content (AvgIpc) is 4.03. The van der Waals surface area contributed by atoms with Crippen molar-refractivity contribution in [3.05, 3.63) is 210 Å². The molecule has 0 saturated carbocycles. The van der Waals surface area contributed by atoms with Gasteiger partial charge in [0.2, 0.25) is 0 Å². The van der Waals surface area contributed by atoms with Crippen LogP contribution in [-0.4, -0.2) is 14.6 Å². The number of nitrogens with zero attached hydrogens (tertiary/aromatic N) is 3. The number of hydrogen-bond donors (Lipinski definition) is 0. The Morgan fingerprint density at radius 2 is 0.930 bits per heavy atom. The van der Waals surface area contributed by atoms with Crippen LogP contribution in [0.25, 0.3) is 92.5 Å². The van der Waals surface area contributed by atoms with Crippen LogP contribution in [0.2, 0.25) is 0 Å². The molecule has 0 amide bonds. The molecule has 3 aromatic heterocycles. The maximum absolute atomic E-state index is 4.84. The van der Waals surface area contributed by atoms with Gasteiger partial charge in [0, 0.05) is 42.9 Å². The van der Waals surface area contributed by atoms with E-state index < -0.39 is 5.41 Å². The first-order valence-electron chi connectivity index (χ1n) is 19.5. The molecule has 2 aliphatic carbocycles. The molecule has 4 heteroatoms. The number of rotatable bonds is 3. The number of aromatic nitrogens is 3. The Labute approximate surface area is 332 Å². The topological polar surface area (TPSA) is 30.2 Å². The Kier molecular flexibility index (Phi) is 6.25. The predicted octanol–water partition coefficient (Wildman–Crippen LogP) is 13.6. The molecular formula is C53H31N3S. The highest BCUT2D eigenvalue weighted by molar-refractivity contribution is 7.26. The van der Waals surface area contributed by atoms with Crippen molar-refractivity contribution in [2.75, 3.05) is 0 Å². The monoisotopic (exact) mass is 741 g/mol. The molecule has 3 heterocycles. The zero-order valence-electron chi connectivity index (χ0n) is 30.6. The number of benzene rings is 8. The average molecular weight is 742 g/mol. The molecule has 0 radical (unpaired) electrons. The first kappa shape index (κ1) is 31.1. The van der Waals surface area contributed by atoms with Crippen LogP contribution < -0.4 is 0 Å². The van der Waals surface area contributed by atoms with E-state index in [2.05, 4.69) is 193 Å². The lowest BCUT2D eigenvalue weighted by Crippen LogP contribution is -2.25. The van der Waals surface area contributed by atoms with Gasteiger partial charge in [0.15, 0.2) is 11.5 Å². The number of hydrogen-bond acceptors (Lipinski definition) is 3. The summed E-state index contributed by atoms with van der Waals surface area (Å²) < 4.78 is 4.83. The van der Waals surface area contributed by atoms with E-state index in [0.717, 1.165) is 33.4 Å². The fourth-order valence-electron chi connectivity index (χ4n) is 10.2. The molecule has 0 atom stereocenters. The summed E-state index contributed by atoms with van der Waals surface area (Å²) in [6, 6.07) is 66.9. The highest BCUT2D eigenvalue weighted by Gasteiger charge is 2.51. The first-order chi connectivity index (χ1) is 28.3. The first-order valence-corrected chi connectivity index (χ1v) is 20.3. The van der Waals surface area contributed by atoms with Crippen molar-refractivity contribution in [3.63, 3.8) is 0 Å². The molecule has 264 valence electrons. The zero-order valence-corrected chi connectivity index (χ0v) is 31.5. The zero-order chi connectivity index (χ0) is 37.2. The van der Waals surface area contributed by atoms with Crippen molar-refractivity contribution < 1.29 is 0 Å². The molecule has 0 fully saturated rings. The Bertz CT molecular complexity index is 3410. The van der Waals surface area contributed by atoms with Gasteiger partial charge in [-0.15, -0.1) is 21.5 Å². The van der Waals surface area contributed by atoms with Gasteiger partial charge in [0.05, 0.1) is 5.41 Å². The molecule has 0 bridgehead atoms. The summed E-state index contributed by atoms with van der Waals surface area (Å²) in [6.45, 7) is 0. The second-order valence-electron chi connectivity index (χ2n) is 15.3. The molecule has 1 spiro atoms. The van der Waals surface area contributed by atoms with Crippen LogP contribution in [0.5, 0.6) is 0 Å². The van der Waals surface area contributed by atoms with Crippen molar-refractivity contribution in [3.8, 4) is 55.9 Å². The van der Waals surface area contributed by atoms with Crippen LogP contribution in [0.15, 0.2) is 188 Å². The minimum Gasteiger partial charge on any atom is -0.281 e. The summed E-state index contributed by atoms with van der Waals surface area (Å²) in [7, 11) is 0. The van der Waals surface area contributed by atoms with Gasteiger partial charge in [-0.2, -0.15) is 0 Å². The smallest absolute Gasteiger partial charge is 0.169 e. The Hall–Kier alpha value is -7.14. The third kappa shape index (κ3) is 4.10. The molecule has 0 unspecified atom stereocenters. The summed E-state index contributed by atoms with van der Waals surface area (Å²) >= 11 is 1.86. The lowest BCUT2D eigenvalue weighted by atomic mass is 9.70. The standard InChI is InChI=1S/C53H31N3S/c1-2-17-43-36(12-1)44(31-56-51(54-55-52(43)56)33-26-24-32(25-27-33)35-18-11-19-42-41-16-6-10-23-49(41)57-50(35)42)34-28-29-40-39-15-5-9-22-47(39)53(48(40)30-34)45-20-7-3-13-37(45)38-14-4-8-21-46(38)53/h1-31H. The summed E-state index contributed by atoms with van der Waals surface area (Å²) in [5, 5.41) is 14.5. The maximum atomic E-state index is 4.84. The largest absolute Gasteiger partial charge is 0.281 e. The molecule has 8 aromatic carbocycles. The van der Waals surface area contributed by atoms with Crippen molar-refractivity contribution in [1.82, 2.24) is 14.6 Å². The SMILES string of the molecule is c1ccc2c(c1)-c1ccccc1C21c2ccccc2-c2ccc(-c3cn4c(-c5ccc(-c6cccc7c6sc6ccccc67)cc5)nnc4c4ccccc34)cc21. The van der Waals surface area contributed by atoms with E-state index in [1.165, 1.54) is 81.4 Å². The Balaban J connectivity index is 0.993. The van der Waals surface area contributed by atoms with E-state index in [9.17, 15) is 0 Å². The highest BCUT2D eigenvalue weighted by Crippen LogP contribution is 2.63. The molecule has 13 rings (SSSR count). The van der Waals surface area contributed by atoms with Gasteiger partial charge in [-0.25, -0.2) is 0 Å². The number of thiophene rings is 1. The summed E-state index contributed by atoms with van der Waals surface area (Å²) in [5.41, 5.74) is 16.9. The van der Waals surface area contributed by atoms with Gasteiger partial charge in [0.1, 0.15) is 0 Å². The minimum atomic E-state index is -0.404. The van der Waals surface area contributed by atoms with Gasteiger partial charge in [-0.05, 0) is 78.7 Å². The maximum Gasteiger partial charge on any atom is 0.169 e. The van der Waals surface area contributed by atoms with E-state index in [-0.39, 0.29) is 0 Å². The van der Waals surface area contributed by atoms with E-state index >= 15 is 0 Å². The Morgan fingerprint density at radius 3 is 1.65 bits per heavy atom. The van der Waals surface area contributed by atoms with Crippen LogP contribution in [0.4, 0.5) is 0 Å². The quantitative estimate of drug-likeness (QED) is 0.180. The van der Waals surface area contributed by atoms with Crippen LogP contribution in [-0.2, 0) is 5.41 Å². The van der Waals surface area contributed by atoms with Crippen molar-refractivity contribution in [1.29, 1.82) is 0 Å². The highest BCUT2D eigenvalue weighted by atomic mass is 32.1. The predicted molar refractivity (Wildman–Crippen MR) is 236 cm³/mol. The molecule has 0 N–H and O–H groups in total. The molecule has 0 saturated heterocycles. The minimum absolute atomic E-state index is 0.404. The lowest BCUT2D eigenvalue weighted by molar-refractivity contribution is 0.794. The molecule has 3 nitrogen and oxygen atoms in total. The summed E-state index contributed by atoms with van der Waals surface area (Å²) in [4.78, 5) is 0. The third-order valence-corrected chi connectivity index (χ3v) is 13.8. The van der Waals surface area contributed by atoms with Crippen LogP contribution in [0.1, 0.15) is 22.3 Å². The van der Waals surface area contributed by atoms with Gasteiger partial charge in [-0.3, -0.25) is 4.40 Å². The lowest BCUT2D eigenvalue weighted by Gasteiger charge is -2.30. The van der Waals surface area contributed by atoms with Crippen molar-refractivity contribution >= 4 is 47.9 Å². The third-order valence-electron chi connectivity index (χ3n) is 12.6. The van der Waals surface area contributed by atoms with Crippen LogP contribution in [0, 0.1) is 0 Å². The van der Waals surface area contributed by atoms with Gasteiger partial charge >= 0.3 is 0 Å². The van der Waals surface area contributed by atoms with Gasteiger partial charge in [-0.1, -0.05) is 170 Å². The fourth-order valence-corrected chi connectivity index (χ4v) is 11.4. The van der Waals surface area contributed by atoms with E-state index in [4.69, 9.17) is 10.2 Å². The van der Waals surface area contributed by atoms with E-state index in [0.29, 0.717) is 0 Å². The van der Waals surface area contributed by atoms with Crippen molar-refractivity contribution in [2.45, 2.75) is 5.41 Å². The molecule has 11 aromatic rings. The molecule has 2 aliphatic rings. The van der Waals surface area contributed by atoms with Crippen molar-refractivity contribution in [2.24, 2.45) is 0 Å². The normalized spacial score (nSPS) is 13.4. The Morgan fingerprint density at radius 1 is 0.386 bits per heavy atom. The van der Waals surface area contributed by atoms with Crippen LogP contribution >= 0.6 is 11.3 Å². The van der Waals surface area contributed by atoms with Gasteiger partial charge in [0.25, 0.3) is 0 Å². The van der Waals surface area contributed by atoms with E-state index in [1.807, 2.05) is 11.3 Å². The summed E-state index contributed by atoms with van der Waals surface area (Å²) in [6.07, 6.45) is 2.26. The molecular weight excluding hydrogens is 711 g/mol. The second kappa shape index (κ2) is 11.5. The number of pyridine rings is 1. The molecule has 57 heavy (non-hydrogen) atoms. The van der Waals surface area contributed by atoms with E-state index in [1.54, 1.807) is 0 Å². The van der Waals surface area contributed by atoms with Crippen LogP contribution in [0.3, 0.4) is 0 Å². The van der Waals surface area contributed by atoms with Gasteiger partial charge < -0.3 is 0 Å². The fraction of sp³-hybridized carbons (Fsp3) is 0.0189.